The minimum atomic E-state index is -0.486. The van der Waals surface area contributed by atoms with Gasteiger partial charge >= 0.3 is 6.09 Å². The van der Waals surface area contributed by atoms with Crippen LogP contribution in [-0.4, -0.2) is 36.7 Å². The second kappa shape index (κ2) is 20.5. The summed E-state index contributed by atoms with van der Waals surface area (Å²) in [5.41, 5.74) is 0.810. The highest BCUT2D eigenvalue weighted by Crippen LogP contribution is 2.18. The SMILES string of the molecule is CCCCCCCCCCCCCCCCCCN(C)C(=S)Nc1cccc(OC(=O)NC)c1. The lowest BCUT2D eigenvalue weighted by molar-refractivity contribution is 0.203. The van der Waals surface area contributed by atoms with Crippen LogP contribution in [-0.2, 0) is 0 Å². The van der Waals surface area contributed by atoms with Crippen LogP contribution in [0.1, 0.15) is 110 Å². The zero-order valence-corrected chi connectivity index (χ0v) is 22.8. The quantitative estimate of drug-likeness (QED) is 0.151. The number of hydrogen-bond donors (Lipinski definition) is 2. The third-order valence-electron chi connectivity index (χ3n) is 6.19. The first-order valence-corrected chi connectivity index (χ1v) is 14.0. The van der Waals surface area contributed by atoms with E-state index in [2.05, 4.69) is 22.5 Å². The second-order valence-corrected chi connectivity index (χ2v) is 9.71. The Morgan fingerprint density at radius 1 is 0.853 bits per heavy atom. The molecule has 6 heteroatoms. The molecular weight excluding hydrogens is 442 g/mol. The van der Waals surface area contributed by atoms with E-state index in [0.717, 1.165) is 18.7 Å². The smallest absolute Gasteiger partial charge is 0.410 e. The molecule has 0 bridgehead atoms. The highest BCUT2D eigenvalue weighted by molar-refractivity contribution is 7.80. The predicted molar refractivity (Wildman–Crippen MR) is 150 cm³/mol. The largest absolute Gasteiger partial charge is 0.412 e. The Hall–Kier alpha value is -1.82. The van der Waals surface area contributed by atoms with Gasteiger partial charge in [0.05, 0.1) is 0 Å². The van der Waals surface area contributed by atoms with Gasteiger partial charge in [-0.2, -0.15) is 0 Å². The minimum Gasteiger partial charge on any atom is -0.410 e. The Bertz CT molecular complexity index is 669. The van der Waals surface area contributed by atoms with Gasteiger partial charge in [0.1, 0.15) is 5.75 Å². The van der Waals surface area contributed by atoms with Crippen LogP contribution in [0.4, 0.5) is 10.5 Å². The first-order chi connectivity index (χ1) is 16.6. The summed E-state index contributed by atoms with van der Waals surface area (Å²) in [4.78, 5) is 13.4. The number of carbonyl (C=O) groups is 1. The van der Waals surface area contributed by atoms with Gasteiger partial charge in [-0.3, -0.25) is 0 Å². The molecule has 0 radical (unpaired) electrons. The van der Waals surface area contributed by atoms with Gasteiger partial charge in [0.2, 0.25) is 0 Å². The van der Waals surface area contributed by atoms with Crippen molar-refractivity contribution in [1.82, 2.24) is 10.2 Å². The van der Waals surface area contributed by atoms with Gasteiger partial charge in [-0.1, -0.05) is 109 Å². The number of amides is 1. The number of rotatable bonds is 19. The molecule has 194 valence electrons. The zero-order valence-electron chi connectivity index (χ0n) is 22.0. The maximum atomic E-state index is 11.4. The Balaban J connectivity index is 1.98. The summed E-state index contributed by atoms with van der Waals surface area (Å²) in [5, 5.41) is 6.34. The van der Waals surface area contributed by atoms with Gasteiger partial charge in [-0.25, -0.2) is 4.79 Å². The number of unbranched alkanes of at least 4 members (excludes halogenated alkanes) is 15. The first-order valence-electron chi connectivity index (χ1n) is 13.6. The average molecular weight is 492 g/mol. The van der Waals surface area contributed by atoms with Gasteiger partial charge in [0.25, 0.3) is 0 Å². The summed E-state index contributed by atoms with van der Waals surface area (Å²) in [7, 11) is 3.55. The van der Waals surface area contributed by atoms with Crippen molar-refractivity contribution in [3.05, 3.63) is 24.3 Å². The standard InChI is InChI=1S/C28H49N3O2S/c1-4-5-6-7-8-9-10-11-12-13-14-15-16-17-18-19-23-31(3)27(34)30-25-21-20-22-26(24-25)33-28(32)29-2/h20-22,24H,4-19,23H2,1-3H3,(H,29,32)(H,30,34). The van der Waals surface area contributed by atoms with Crippen molar-refractivity contribution in [2.75, 3.05) is 26.0 Å². The molecule has 0 aromatic heterocycles. The highest BCUT2D eigenvalue weighted by Gasteiger charge is 2.07. The van der Waals surface area contributed by atoms with E-state index in [1.54, 1.807) is 12.1 Å². The van der Waals surface area contributed by atoms with Gasteiger partial charge in [0.15, 0.2) is 5.11 Å². The van der Waals surface area contributed by atoms with Crippen molar-refractivity contribution in [2.24, 2.45) is 0 Å². The molecule has 0 unspecified atom stereocenters. The molecule has 0 aliphatic heterocycles. The second-order valence-electron chi connectivity index (χ2n) is 9.32. The summed E-state index contributed by atoms with van der Waals surface area (Å²) < 4.78 is 5.16. The van der Waals surface area contributed by atoms with E-state index >= 15 is 0 Å². The molecule has 1 rings (SSSR count). The molecule has 0 spiro atoms. The van der Waals surface area contributed by atoms with Crippen LogP contribution in [0.15, 0.2) is 24.3 Å². The lowest BCUT2D eigenvalue weighted by Gasteiger charge is -2.21. The minimum absolute atomic E-state index is 0.479. The Kier molecular flexibility index (Phi) is 18.3. The van der Waals surface area contributed by atoms with E-state index in [0.29, 0.717) is 10.9 Å². The van der Waals surface area contributed by atoms with E-state index in [4.69, 9.17) is 17.0 Å². The number of ether oxygens (including phenoxy) is 1. The molecular formula is C28H49N3O2S. The Morgan fingerprint density at radius 3 is 1.85 bits per heavy atom. The normalized spacial score (nSPS) is 10.7. The molecule has 0 saturated carbocycles. The van der Waals surface area contributed by atoms with Crippen LogP contribution in [0.3, 0.4) is 0 Å². The molecule has 34 heavy (non-hydrogen) atoms. The number of nitrogens with zero attached hydrogens (tertiary/aromatic N) is 1. The van der Waals surface area contributed by atoms with E-state index < -0.39 is 6.09 Å². The number of hydrogen-bond acceptors (Lipinski definition) is 3. The van der Waals surface area contributed by atoms with Gasteiger partial charge in [-0.05, 0) is 30.8 Å². The maximum Gasteiger partial charge on any atom is 0.412 e. The third-order valence-corrected chi connectivity index (χ3v) is 6.61. The van der Waals surface area contributed by atoms with Crippen LogP contribution >= 0.6 is 12.2 Å². The maximum absolute atomic E-state index is 11.4. The fourth-order valence-electron chi connectivity index (χ4n) is 4.01. The molecule has 5 nitrogen and oxygen atoms in total. The van der Waals surface area contributed by atoms with E-state index in [9.17, 15) is 4.79 Å². The lowest BCUT2D eigenvalue weighted by Crippen LogP contribution is -2.31. The van der Waals surface area contributed by atoms with Gasteiger partial charge in [0, 0.05) is 32.4 Å². The fourth-order valence-corrected chi connectivity index (χ4v) is 4.22. The molecule has 1 amide bonds. The fraction of sp³-hybridized carbons (Fsp3) is 0.714. The van der Waals surface area contributed by atoms with E-state index in [-0.39, 0.29) is 0 Å². The van der Waals surface area contributed by atoms with Crippen LogP contribution in [0, 0.1) is 0 Å². The monoisotopic (exact) mass is 491 g/mol. The Labute approximate surface area is 214 Å². The van der Waals surface area contributed by atoms with Crippen molar-refractivity contribution in [2.45, 2.75) is 110 Å². The van der Waals surface area contributed by atoms with E-state index in [1.165, 1.54) is 103 Å². The van der Waals surface area contributed by atoms with Gasteiger partial charge in [-0.15, -0.1) is 0 Å². The zero-order chi connectivity index (χ0) is 24.9. The van der Waals surface area contributed by atoms with Crippen molar-refractivity contribution in [1.29, 1.82) is 0 Å². The van der Waals surface area contributed by atoms with Crippen LogP contribution in [0.5, 0.6) is 5.75 Å². The molecule has 0 atom stereocenters. The summed E-state index contributed by atoms with van der Waals surface area (Å²) in [6.07, 6.45) is 21.6. The van der Waals surface area contributed by atoms with Crippen molar-refractivity contribution in [3.8, 4) is 5.75 Å². The summed E-state index contributed by atoms with van der Waals surface area (Å²) in [5.74, 6) is 0.479. The molecule has 2 N–H and O–H groups in total. The topological polar surface area (TPSA) is 53.6 Å². The lowest BCUT2D eigenvalue weighted by atomic mass is 10.0. The molecule has 0 aliphatic rings. The molecule has 0 fully saturated rings. The summed E-state index contributed by atoms with van der Waals surface area (Å²) in [6, 6.07) is 7.25. The number of benzene rings is 1. The van der Waals surface area contributed by atoms with Crippen molar-refractivity contribution in [3.63, 3.8) is 0 Å². The first kappa shape index (κ1) is 30.2. The number of carbonyl (C=O) groups excluding carboxylic acids is 1. The summed E-state index contributed by atoms with van der Waals surface area (Å²) >= 11 is 5.52. The number of anilines is 1. The van der Waals surface area contributed by atoms with Crippen LogP contribution in [0.2, 0.25) is 0 Å². The third kappa shape index (κ3) is 15.9. The predicted octanol–water partition coefficient (Wildman–Crippen LogP) is 8.29. The van der Waals surface area contributed by atoms with Crippen LogP contribution < -0.4 is 15.4 Å². The van der Waals surface area contributed by atoms with Crippen molar-refractivity contribution < 1.29 is 9.53 Å². The van der Waals surface area contributed by atoms with E-state index in [1.807, 2.05) is 19.2 Å². The molecule has 1 aromatic carbocycles. The molecule has 0 saturated heterocycles. The molecule has 0 aliphatic carbocycles. The number of thiocarbonyl (C=S) groups is 1. The van der Waals surface area contributed by atoms with Crippen LogP contribution in [0.25, 0.3) is 0 Å². The molecule has 1 aromatic rings. The Morgan fingerprint density at radius 2 is 1.35 bits per heavy atom. The number of nitrogens with one attached hydrogen (secondary N) is 2. The summed E-state index contributed by atoms with van der Waals surface area (Å²) in [6.45, 7) is 3.23. The van der Waals surface area contributed by atoms with Crippen molar-refractivity contribution >= 4 is 29.1 Å². The van der Waals surface area contributed by atoms with Gasteiger partial charge < -0.3 is 20.3 Å². The molecule has 0 heterocycles. The average Bonchev–Trinajstić information content (AvgIpc) is 2.83. The highest BCUT2D eigenvalue weighted by atomic mass is 32.1.